The molecular weight excluding hydrogens is 248 g/mol. The summed E-state index contributed by atoms with van der Waals surface area (Å²) in [6.45, 7) is 2.44. The molecule has 100 valence electrons. The van der Waals surface area contributed by atoms with Gasteiger partial charge >= 0.3 is 0 Å². The number of carbonyl (C=O) groups is 1. The smallest absolute Gasteiger partial charge is 0.242 e. The SMILES string of the molecule is Cc1ccccc1CNC(=O)C(C#N)c1ccccc1. The summed E-state index contributed by atoms with van der Waals surface area (Å²) in [6, 6.07) is 19.0. The molecule has 20 heavy (non-hydrogen) atoms. The topological polar surface area (TPSA) is 52.9 Å². The number of hydrogen-bond acceptors (Lipinski definition) is 2. The van der Waals surface area contributed by atoms with Gasteiger partial charge in [-0.15, -0.1) is 0 Å². The molecule has 0 aliphatic carbocycles. The van der Waals surface area contributed by atoms with Crippen molar-refractivity contribution in [1.29, 1.82) is 5.26 Å². The second-order valence-electron chi connectivity index (χ2n) is 4.62. The van der Waals surface area contributed by atoms with E-state index in [1.807, 2.05) is 49.4 Å². The van der Waals surface area contributed by atoms with Crippen LogP contribution in [0.2, 0.25) is 0 Å². The van der Waals surface area contributed by atoms with Gasteiger partial charge in [0.1, 0.15) is 5.92 Å². The molecule has 3 nitrogen and oxygen atoms in total. The molecule has 0 saturated heterocycles. The lowest BCUT2D eigenvalue weighted by molar-refractivity contribution is -0.121. The van der Waals surface area contributed by atoms with Crippen molar-refractivity contribution in [1.82, 2.24) is 5.32 Å². The first-order valence-corrected chi connectivity index (χ1v) is 6.49. The van der Waals surface area contributed by atoms with Crippen LogP contribution in [-0.4, -0.2) is 5.91 Å². The highest BCUT2D eigenvalue weighted by Gasteiger charge is 2.19. The van der Waals surface area contributed by atoms with E-state index in [-0.39, 0.29) is 5.91 Å². The molecule has 0 aliphatic heterocycles. The third-order valence-electron chi connectivity index (χ3n) is 3.24. The normalized spacial score (nSPS) is 11.4. The van der Waals surface area contributed by atoms with Crippen molar-refractivity contribution in [2.24, 2.45) is 0 Å². The molecule has 0 bridgehead atoms. The van der Waals surface area contributed by atoms with Crippen molar-refractivity contribution in [3.8, 4) is 6.07 Å². The highest BCUT2D eigenvalue weighted by molar-refractivity contribution is 5.86. The Labute approximate surface area is 118 Å². The summed E-state index contributed by atoms with van der Waals surface area (Å²) in [7, 11) is 0. The molecule has 2 aromatic carbocycles. The minimum absolute atomic E-state index is 0.262. The Kier molecular flexibility index (Phi) is 4.52. The Morgan fingerprint density at radius 3 is 2.45 bits per heavy atom. The zero-order valence-electron chi connectivity index (χ0n) is 11.3. The highest BCUT2D eigenvalue weighted by Crippen LogP contribution is 2.15. The summed E-state index contributed by atoms with van der Waals surface area (Å²) in [6.07, 6.45) is 0. The summed E-state index contributed by atoms with van der Waals surface area (Å²) < 4.78 is 0. The van der Waals surface area contributed by atoms with E-state index in [0.717, 1.165) is 16.7 Å². The molecule has 1 unspecified atom stereocenters. The number of nitrogens with zero attached hydrogens (tertiary/aromatic N) is 1. The van der Waals surface area contributed by atoms with Crippen LogP contribution in [0.1, 0.15) is 22.6 Å². The van der Waals surface area contributed by atoms with E-state index in [4.69, 9.17) is 0 Å². The fraction of sp³-hybridized carbons (Fsp3) is 0.176. The minimum Gasteiger partial charge on any atom is -0.351 e. The summed E-state index contributed by atoms with van der Waals surface area (Å²) in [5.74, 6) is -1.03. The third kappa shape index (κ3) is 3.24. The van der Waals surface area contributed by atoms with Gasteiger partial charge in [-0.2, -0.15) is 5.26 Å². The van der Waals surface area contributed by atoms with Crippen molar-refractivity contribution >= 4 is 5.91 Å². The maximum atomic E-state index is 12.1. The zero-order chi connectivity index (χ0) is 14.4. The molecule has 3 heteroatoms. The van der Waals surface area contributed by atoms with Gasteiger partial charge < -0.3 is 5.32 Å². The lowest BCUT2D eigenvalue weighted by Gasteiger charge is -2.11. The molecule has 0 aliphatic rings. The number of rotatable bonds is 4. The monoisotopic (exact) mass is 264 g/mol. The van der Waals surface area contributed by atoms with Crippen molar-refractivity contribution in [2.45, 2.75) is 19.4 Å². The first kappa shape index (κ1) is 13.8. The summed E-state index contributed by atoms with van der Waals surface area (Å²) in [4.78, 5) is 12.1. The molecule has 2 aromatic rings. The standard InChI is InChI=1S/C17H16N2O/c1-13-7-5-6-10-15(13)12-19-17(20)16(11-18)14-8-3-2-4-9-14/h2-10,16H,12H2,1H3,(H,19,20). The summed E-state index contributed by atoms with van der Waals surface area (Å²) in [5, 5.41) is 12.0. The van der Waals surface area contributed by atoms with Gasteiger partial charge in [0.25, 0.3) is 0 Å². The second kappa shape index (κ2) is 6.53. The number of hydrogen-bond donors (Lipinski definition) is 1. The lowest BCUT2D eigenvalue weighted by atomic mass is 9.99. The van der Waals surface area contributed by atoms with Crippen LogP contribution >= 0.6 is 0 Å². The van der Waals surface area contributed by atoms with Crippen LogP contribution in [0.25, 0.3) is 0 Å². The number of aryl methyl sites for hydroxylation is 1. The van der Waals surface area contributed by atoms with E-state index < -0.39 is 5.92 Å². The molecule has 1 atom stereocenters. The second-order valence-corrected chi connectivity index (χ2v) is 4.62. The molecular formula is C17H16N2O. The van der Waals surface area contributed by atoms with Gasteiger partial charge in [-0.1, -0.05) is 54.6 Å². The predicted molar refractivity (Wildman–Crippen MR) is 77.8 cm³/mol. The van der Waals surface area contributed by atoms with Crippen molar-refractivity contribution in [2.75, 3.05) is 0 Å². The van der Waals surface area contributed by atoms with Crippen LogP contribution in [0.4, 0.5) is 0 Å². The van der Waals surface area contributed by atoms with Crippen LogP contribution in [-0.2, 0) is 11.3 Å². The fourth-order valence-electron chi connectivity index (χ4n) is 2.02. The molecule has 0 radical (unpaired) electrons. The maximum Gasteiger partial charge on any atom is 0.242 e. The van der Waals surface area contributed by atoms with Gasteiger partial charge in [-0.05, 0) is 23.6 Å². The number of benzene rings is 2. The molecule has 2 rings (SSSR count). The zero-order valence-corrected chi connectivity index (χ0v) is 11.3. The van der Waals surface area contributed by atoms with E-state index in [2.05, 4.69) is 11.4 Å². The minimum atomic E-state index is -0.764. The van der Waals surface area contributed by atoms with Crippen LogP contribution < -0.4 is 5.32 Å². The van der Waals surface area contributed by atoms with Crippen molar-refractivity contribution in [3.63, 3.8) is 0 Å². The Balaban J connectivity index is 2.05. The van der Waals surface area contributed by atoms with Crippen LogP contribution in [0, 0.1) is 18.3 Å². The average molecular weight is 264 g/mol. The number of nitriles is 1. The Morgan fingerprint density at radius 1 is 1.15 bits per heavy atom. The summed E-state index contributed by atoms with van der Waals surface area (Å²) in [5.41, 5.74) is 2.91. The molecule has 0 heterocycles. The van der Waals surface area contributed by atoms with Gasteiger partial charge in [0, 0.05) is 6.54 Å². The van der Waals surface area contributed by atoms with E-state index in [1.54, 1.807) is 12.1 Å². The Bertz CT molecular complexity index is 629. The molecule has 0 aromatic heterocycles. The third-order valence-corrected chi connectivity index (χ3v) is 3.24. The van der Waals surface area contributed by atoms with Gasteiger partial charge in [-0.3, -0.25) is 4.79 Å². The van der Waals surface area contributed by atoms with Gasteiger partial charge in [0.05, 0.1) is 6.07 Å². The maximum absolute atomic E-state index is 12.1. The van der Waals surface area contributed by atoms with E-state index >= 15 is 0 Å². The van der Waals surface area contributed by atoms with Crippen molar-refractivity contribution < 1.29 is 4.79 Å². The largest absolute Gasteiger partial charge is 0.351 e. The number of carbonyl (C=O) groups excluding carboxylic acids is 1. The van der Waals surface area contributed by atoms with Crippen LogP contribution in [0.5, 0.6) is 0 Å². The molecule has 1 N–H and O–H groups in total. The quantitative estimate of drug-likeness (QED) is 0.923. The fourth-order valence-corrected chi connectivity index (χ4v) is 2.02. The van der Waals surface area contributed by atoms with Crippen LogP contribution in [0.3, 0.4) is 0 Å². The average Bonchev–Trinajstić information content (AvgIpc) is 2.48. The lowest BCUT2D eigenvalue weighted by Crippen LogP contribution is -2.28. The van der Waals surface area contributed by atoms with Crippen LogP contribution in [0.15, 0.2) is 54.6 Å². The van der Waals surface area contributed by atoms with Gasteiger partial charge in [0.2, 0.25) is 5.91 Å². The predicted octanol–water partition coefficient (Wildman–Crippen LogP) is 2.92. The molecule has 1 amide bonds. The molecule has 0 saturated carbocycles. The summed E-state index contributed by atoms with van der Waals surface area (Å²) >= 11 is 0. The Morgan fingerprint density at radius 2 is 1.80 bits per heavy atom. The molecule has 0 fully saturated rings. The molecule has 0 spiro atoms. The van der Waals surface area contributed by atoms with Gasteiger partial charge in [0.15, 0.2) is 0 Å². The first-order chi connectivity index (χ1) is 9.72. The van der Waals surface area contributed by atoms with Gasteiger partial charge in [-0.25, -0.2) is 0 Å². The van der Waals surface area contributed by atoms with Crippen molar-refractivity contribution in [3.05, 3.63) is 71.3 Å². The Hall–Kier alpha value is -2.60. The van der Waals surface area contributed by atoms with E-state index in [9.17, 15) is 10.1 Å². The first-order valence-electron chi connectivity index (χ1n) is 6.49. The highest BCUT2D eigenvalue weighted by atomic mass is 16.1. The van der Waals surface area contributed by atoms with E-state index in [0.29, 0.717) is 6.54 Å². The van der Waals surface area contributed by atoms with E-state index in [1.165, 1.54) is 0 Å². The number of amides is 1. The number of nitrogens with one attached hydrogen (secondary N) is 1.